The number of likely N-dealkylation sites (N-methyl/N-ethyl adjacent to an activating group) is 1. The minimum Gasteiger partial charge on any atom is -0.508 e. The van der Waals surface area contributed by atoms with Crippen molar-refractivity contribution >= 4 is 12.0 Å². The first-order valence-corrected chi connectivity index (χ1v) is 7.57. The maximum atomic E-state index is 12.1. The van der Waals surface area contributed by atoms with E-state index >= 15 is 0 Å². The molecule has 2 N–H and O–H groups in total. The van der Waals surface area contributed by atoms with Gasteiger partial charge in [0.1, 0.15) is 5.75 Å². The van der Waals surface area contributed by atoms with E-state index < -0.39 is 0 Å². The van der Waals surface area contributed by atoms with Crippen molar-refractivity contribution in [2.75, 3.05) is 20.7 Å². The van der Waals surface area contributed by atoms with Crippen molar-refractivity contribution in [2.45, 2.75) is 6.42 Å². The number of carbonyl (C=O) groups is 1. The summed E-state index contributed by atoms with van der Waals surface area (Å²) in [4.78, 5) is 13.8. The van der Waals surface area contributed by atoms with Gasteiger partial charge in [0.2, 0.25) is 5.91 Å². The second-order valence-electron chi connectivity index (χ2n) is 5.44. The van der Waals surface area contributed by atoms with E-state index in [1.54, 1.807) is 42.3 Å². The average Bonchev–Trinajstić information content (AvgIpc) is 2.60. The Morgan fingerprint density at radius 1 is 1.17 bits per heavy atom. The summed E-state index contributed by atoms with van der Waals surface area (Å²) in [5.41, 5.74) is 1.82. The average molecular weight is 327 g/mol. The van der Waals surface area contributed by atoms with E-state index in [0.717, 1.165) is 11.1 Å². The number of nitrogens with zero attached hydrogens (tertiary/aromatic N) is 1. The maximum absolute atomic E-state index is 12.1. The summed E-state index contributed by atoms with van der Waals surface area (Å²) in [5.74, 6) is 0.550. The largest absolute Gasteiger partial charge is 0.508 e. The molecule has 2 rings (SSSR count). The van der Waals surface area contributed by atoms with Gasteiger partial charge in [-0.1, -0.05) is 18.2 Å². The molecule has 126 valence electrons. The number of methoxy groups -OCH3 is 1. The van der Waals surface area contributed by atoms with Crippen molar-refractivity contribution in [1.29, 1.82) is 0 Å². The minimum atomic E-state index is -0.110. The second-order valence-corrected chi connectivity index (χ2v) is 5.44. The van der Waals surface area contributed by atoms with E-state index in [9.17, 15) is 15.0 Å². The van der Waals surface area contributed by atoms with E-state index in [4.69, 9.17) is 4.74 Å². The molecular formula is C19H21NO4. The highest BCUT2D eigenvalue weighted by atomic mass is 16.5. The number of rotatable bonds is 6. The van der Waals surface area contributed by atoms with Crippen LogP contribution in [0.4, 0.5) is 0 Å². The third kappa shape index (κ3) is 4.78. The van der Waals surface area contributed by atoms with E-state index in [1.165, 1.54) is 19.3 Å². The number of hydrogen-bond acceptors (Lipinski definition) is 4. The van der Waals surface area contributed by atoms with E-state index in [2.05, 4.69) is 0 Å². The van der Waals surface area contributed by atoms with E-state index in [-0.39, 0.29) is 17.4 Å². The molecule has 2 aromatic rings. The van der Waals surface area contributed by atoms with E-state index in [0.29, 0.717) is 18.7 Å². The van der Waals surface area contributed by atoms with Gasteiger partial charge >= 0.3 is 0 Å². The molecule has 0 radical (unpaired) electrons. The zero-order chi connectivity index (χ0) is 17.5. The van der Waals surface area contributed by atoms with Crippen LogP contribution in [0.25, 0.3) is 6.08 Å². The number of amides is 1. The summed E-state index contributed by atoms with van der Waals surface area (Å²) in [6, 6.07) is 11.8. The first kappa shape index (κ1) is 17.4. The molecule has 0 aliphatic heterocycles. The number of phenols is 2. The predicted octanol–water partition coefficient (Wildman–Crippen LogP) is 2.82. The van der Waals surface area contributed by atoms with Gasteiger partial charge in [-0.15, -0.1) is 0 Å². The molecule has 0 saturated carbocycles. The maximum Gasteiger partial charge on any atom is 0.246 e. The van der Waals surface area contributed by atoms with Gasteiger partial charge in [0.25, 0.3) is 0 Å². The van der Waals surface area contributed by atoms with Crippen molar-refractivity contribution < 1.29 is 19.7 Å². The summed E-state index contributed by atoms with van der Waals surface area (Å²) >= 11 is 0. The zero-order valence-corrected chi connectivity index (χ0v) is 13.8. The standard InChI is InChI=1S/C19H21NO4/c1-20(12-11-14-3-7-16(21)8-4-14)19(23)10-6-15-5-9-17(22)18(13-15)24-2/h3-10,13,21-22H,11-12H2,1-2H3. The Labute approximate surface area is 141 Å². The molecule has 0 bridgehead atoms. The highest BCUT2D eigenvalue weighted by Gasteiger charge is 2.06. The summed E-state index contributed by atoms with van der Waals surface area (Å²) in [5, 5.41) is 18.8. The molecule has 0 spiro atoms. The van der Waals surface area contributed by atoms with Crippen molar-refractivity contribution in [1.82, 2.24) is 4.90 Å². The molecule has 5 nitrogen and oxygen atoms in total. The summed E-state index contributed by atoms with van der Waals surface area (Å²) in [7, 11) is 3.22. The molecular weight excluding hydrogens is 306 g/mol. The first-order valence-electron chi connectivity index (χ1n) is 7.57. The number of benzene rings is 2. The fourth-order valence-electron chi connectivity index (χ4n) is 2.16. The van der Waals surface area contributed by atoms with Gasteiger partial charge < -0.3 is 19.8 Å². The lowest BCUT2D eigenvalue weighted by Crippen LogP contribution is -2.27. The highest BCUT2D eigenvalue weighted by Crippen LogP contribution is 2.26. The quantitative estimate of drug-likeness (QED) is 0.801. The van der Waals surface area contributed by atoms with Gasteiger partial charge in [0, 0.05) is 19.7 Å². The van der Waals surface area contributed by atoms with Gasteiger partial charge in [-0.25, -0.2) is 0 Å². The molecule has 0 fully saturated rings. The molecule has 5 heteroatoms. The van der Waals surface area contributed by atoms with Crippen LogP contribution in [0, 0.1) is 0 Å². The lowest BCUT2D eigenvalue weighted by molar-refractivity contribution is -0.124. The Kier molecular flexibility index (Phi) is 5.84. The summed E-state index contributed by atoms with van der Waals surface area (Å²) < 4.78 is 5.04. The smallest absolute Gasteiger partial charge is 0.246 e. The molecule has 0 aliphatic carbocycles. The third-order valence-corrected chi connectivity index (χ3v) is 3.67. The molecule has 0 heterocycles. The molecule has 0 atom stereocenters. The molecule has 2 aromatic carbocycles. The fraction of sp³-hybridized carbons (Fsp3) is 0.211. The second kappa shape index (κ2) is 8.06. The van der Waals surface area contributed by atoms with Crippen LogP contribution in [-0.4, -0.2) is 41.7 Å². The number of carbonyl (C=O) groups excluding carboxylic acids is 1. The van der Waals surface area contributed by atoms with Crippen LogP contribution < -0.4 is 4.74 Å². The molecule has 24 heavy (non-hydrogen) atoms. The van der Waals surface area contributed by atoms with Gasteiger partial charge in [-0.05, 0) is 47.9 Å². The normalized spacial score (nSPS) is 10.8. The van der Waals surface area contributed by atoms with Gasteiger partial charge in [0.05, 0.1) is 7.11 Å². The van der Waals surface area contributed by atoms with Gasteiger partial charge in [-0.2, -0.15) is 0 Å². The van der Waals surface area contributed by atoms with Crippen LogP contribution in [-0.2, 0) is 11.2 Å². The van der Waals surface area contributed by atoms with Gasteiger partial charge in [0.15, 0.2) is 11.5 Å². The monoisotopic (exact) mass is 327 g/mol. The molecule has 1 amide bonds. The minimum absolute atomic E-state index is 0.0620. The fourth-order valence-corrected chi connectivity index (χ4v) is 2.16. The van der Waals surface area contributed by atoms with Crippen LogP contribution >= 0.6 is 0 Å². The van der Waals surface area contributed by atoms with Crippen LogP contribution in [0.5, 0.6) is 17.2 Å². The molecule has 0 aliphatic rings. The number of aromatic hydroxyl groups is 2. The van der Waals surface area contributed by atoms with Crippen LogP contribution in [0.15, 0.2) is 48.5 Å². The first-order chi connectivity index (χ1) is 11.5. The SMILES string of the molecule is COc1cc(C=CC(=O)N(C)CCc2ccc(O)cc2)ccc1O. The molecule has 0 unspecified atom stereocenters. The number of hydrogen-bond donors (Lipinski definition) is 2. The van der Waals surface area contributed by atoms with Crippen LogP contribution in [0.3, 0.4) is 0 Å². The summed E-state index contributed by atoms with van der Waals surface area (Å²) in [6.45, 7) is 0.576. The Bertz CT molecular complexity index is 723. The lowest BCUT2D eigenvalue weighted by Gasteiger charge is -2.15. The van der Waals surface area contributed by atoms with Crippen LogP contribution in [0.1, 0.15) is 11.1 Å². The highest BCUT2D eigenvalue weighted by molar-refractivity contribution is 5.91. The summed E-state index contributed by atoms with van der Waals surface area (Å²) in [6.07, 6.45) is 3.88. The van der Waals surface area contributed by atoms with Crippen molar-refractivity contribution in [3.05, 3.63) is 59.7 Å². The zero-order valence-electron chi connectivity index (χ0n) is 13.8. The Morgan fingerprint density at radius 3 is 2.54 bits per heavy atom. The third-order valence-electron chi connectivity index (χ3n) is 3.67. The van der Waals surface area contributed by atoms with Crippen LogP contribution in [0.2, 0.25) is 0 Å². The van der Waals surface area contributed by atoms with Crippen molar-refractivity contribution in [3.8, 4) is 17.2 Å². The Balaban J connectivity index is 1.92. The molecule has 0 aromatic heterocycles. The van der Waals surface area contributed by atoms with Crippen molar-refractivity contribution in [3.63, 3.8) is 0 Å². The van der Waals surface area contributed by atoms with E-state index in [1.807, 2.05) is 12.1 Å². The topological polar surface area (TPSA) is 70.0 Å². The number of ether oxygens (including phenoxy) is 1. The Hall–Kier alpha value is -2.95. The Morgan fingerprint density at radius 2 is 1.88 bits per heavy atom. The lowest BCUT2D eigenvalue weighted by atomic mass is 10.1. The van der Waals surface area contributed by atoms with Gasteiger partial charge in [-0.3, -0.25) is 4.79 Å². The predicted molar refractivity (Wildman–Crippen MR) is 93.1 cm³/mol. The molecule has 0 saturated heterocycles. The van der Waals surface area contributed by atoms with Crippen molar-refractivity contribution in [2.24, 2.45) is 0 Å². The number of phenolic OH excluding ortho intramolecular Hbond substituents is 2.